The predicted octanol–water partition coefficient (Wildman–Crippen LogP) is 2.54. The molecule has 0 fully saturated rings. The molecule has 1 amide bonds. The summed E-state index contributed by atoms with van der Waals surface area (Å²) < 4.78 is 10.2. The number of para-hydroxylation sites is 2. The molecule has 6 heteroatoms. The van der Waals surface area contributed by atoms with Crippen LogP contribution in [0.3, 0.4) is 0 Å². The molecule has 0 aliphatic heterocycles. The van der Waals surface area contributed by atoms with Crippen LogP contribution in [0.15, 0.2) is 34.8 Å². The summed E-state index contributed by atoms with van der Waals surface area (Å²) in [5.74, 6) is -0.272. The molecule has 1 aromatic carbocycles. The minimum Gasteiger partial charge on any atom is -0.467 e. The van der Waals surface area contributed by atoms with Gasteiger partial charge in [0.25, 0.3) is 0 Å². The summed E-state index contributed by atoms with van der Waals surface area (Å²) in [4.78, 5) is 27.9. The first-order valence-electron chi connectivity index (χ1n) is 7.41. The molecule has 1 heterocycles. The molecule has 2 rings (SSSR count). The minimum absolute atomic E-state index is 0.250. The minimum atomic E-state index is -0.666. The number of oxazole rings is 1. The van der Waals surface area contributed by atoms with E-state index in [-0.39, 0.29) is 5.92 Å². The first-order chi connectivity index (χ1) is 11.0. The van der Waals surface area contributed by atoms with Crippen LogP contribution in [-0.2, 0) is 14.3 Å². The highest BCUT2D eigenvalue weighted by Crippen LogP contribution is 2.15. The lowest BCUT2D eigenvalue weighted by atomic mass is 10.0. The number of methoxy groups -OCH3 is 1. The van der Waals surface area contributed by atoms with Crippen LogP contribution in [0.2, 0.25) is 0 Å². The first kappa shape index (κ1) is 16.7. The number of rotatable bonds is 6. The number of nitrogens with one attached hydrogen (secondary N) is 1. The Labute approximate surface area is 134 Å². The Bertz CT molecular complexity index is 685. The highest BCUT2D eigenvalue weighted by molar-refractivity contribution is 5.94. The van der Waals surface area contributed by atoms with E-state index < -0.39 is 17.9 Å². The van der Waals surface area contributed by atoms with E-state index in [4.69, 9.17) is 9.15 Å². The Balaban J connectivity index is 2.03. The molecule has 1 aromatic heterocycles. The summed E-state index contributed by atoms with van der Waals surface area (Å²) in [7, 11) is 1.30. The van der Waals surface area contributed by atoms with Crippen LogP contribution < -0.4 is 5.32 Å². The van der Waals surface area contributed by atoms with Gasteiger partial charge in [0.1, 0.15) is 11.6 Å². The third-order valence-electron chi connectivity index (χ3n) is 3.20. The summed E-state index contributed by atoms with van der Waals surface area (Å²) in [6.45, 7) is 3.94. The van der Waals surface area contributed by atoms with E-state index >= 15 is 0 Å². The predicted molar refractivity (Wildman–Crippen MR) is 86.4 cm³/mol. The molecular formula is C17H20N2O4. The number of carbonyl (C=O) groups excluding carboxylic acids is 2. The van der Waals surface area contributed by atoms with E-state index in [1.165, 1.54) is 19.3 Å². The van der Waals surface area contributed by atoms with Gasteiger partial charge in [0.05, 0.1) is 7.11 Å². The number of hydrogen-bond acceptors (Lipinski definition) is 5. The van der Waals surface area contributed by atoms with Crippen molar-refractivity contribution in [1.82, 2.24) is 10.3 Å². The number of hydrogen-bond donors (Lipinski definition) is 1. The van der Waals surface area contributed by atoms with Gasteiger partial charge in [-0.2, -0.15) is 0 Å². The summed E-state index contributed by atoms with van der Waals surface area (Å²) in [5.41, 5.74) is 1.37. The fraction of sp³-hybridized carbons (Fsp3) is 0.353. The normalized spacial score (nSPS) is 12.7. The maximum absolute atomic E-state index is 12.0. The largest absolute Gasteiger partial charge is 0.467 e. The molecule has 122 valence electrons. The standard InChI is InChI=1S/C17H20N2O4/c1-11(2)10-13(17(21)22-3)18-15(20)8-9-16-19-12-6-4-5-7-14(12)23-16/h4-9,11,13H,10H2,1-3H3,(H,18,20)/b9-8+. The van der Waals surface area contributed by atoms with Gasteiger partial charge in [-0.3, -0.25) is 4.79 Å². The molecular weight excluding hydrogens is 296 g/mol. The smallest absolute Gasteiger partial charge is 0.328 e. The van der Waals surface area contributed by atoms with Crippen molar-refractivity contribution < 1.29 is 18.7 Å². The molecule has 2 aromatic rings. The van der Waals surface area contributed by atoms with Crippen molar-refractivity contribution in [2.45, 2.75) is 26.3 Å². The molecule has 0 bridgehead atoms. The van der Waals surface area contributed by atoms with Crippen molar-refractivity contribution in [2.24, 2.45) is 5.92 Å². The number of amides is 1. The number of carbonyl (C=O) groups is 2. The van der Waals surface area contributed by atoms with Crippen LogP contribution in [0.25, 0.3) is 17.2 Å². The highest BCUT2D eigenvalue weighted by Gasteiger charge is 2.21. The second kappa shape index (κ2) is 7.58. The molecule has 0 saturated heterocycles. The van der Waals surface area contributed by atoms with Crippen LogP contribution in [0.1, 0.15) is 26.2 Å². The fourth-order valence-electron chi connectivity index (χ4n) is 2.16. The molecule has 0 radical (unpaired) electrons. The van der Waals surface area contributed by atoms with Crippen LogP contribution in [-0.4, -0.2) is 30.0 Å². The molecule has 0 aliphatic rings. The van der Waals surface area contributed by atoms with E-state index in [0.29, 0.717) is 17.9 Å². The van der Waals surface area contributed by atoms with Gasteiger partial charge >= 0.3 is 5.97 Å². The van der Waals surface area contributed by atoms with Gasteiger partial charge < -0.3 is 14.5 Å². The van der Waals surface area contributed by atoms with E-state index in [1.54, 1.807) is 6.07 Å². The van der Waals surface area contributed by atoms with Crippen molar-refractivity contribution in [2.75, 3.05) is 7.11 Å². The lowest BCUT2D eigenvalue weighted by molar-refractivity contribution is -0.145. The van der Waals surface area contributed by atoms with Crippen molar-refractivity contribution in [3.05, 3.63) is 36.2 Å². The topological polar surface area (TPSA) is 81.4 Å². The average molecular weight is 316 g/mol. The lowest BCUT2D eigenvalue weighted by Gasteiger charge is -2.17. The van der Waals surface area contributed by atoms with Crippen LogP contribution in [0, 0.1) is 5.92 Å². The van der Waals surface area contributed by atoms with Crippen molar-refractivity contribution >= 4 is 29.1 Å². The molecule has 1 unspecified atom stereocenters. The third kappa shape index (κ3) is 4.67. The van der Waals surface area contributed by atoms with Gasteiger partial charge in [-0.1, -0.05) is 26.0 Å². The monoisotopic (exact) mass is 316 g/mol. The maximum atomic E-state index is 12.0. The molecule has 6 nitrogen and oxygen atoms in total. The van der Waals surface area contributed by atoms with Crippen molar-refractivity contribution in [1.29, 1.82) is 0 Å². The highest BCUT2D eigenvalue weighted by atomic mass is 16.5. The van der Waals surface area contributed by atoms with Gasteiger partial charge in [-0.05, 0) is 24.5 Å². The van der Waals surface area contributed by atoms with Crippen LogP contribution >= 0.6 is 0 Å². The Hall–Kier alpha value is -2.63. The SMILES string of the molecule is COC(=O)C(CC(C)C)NC(=O)/C=C/c1nc2ccccc2o1. The zero-order chi connectivity index (χ0) is 16.8. The Morgan fingerprint density at radius 3 is 2.74 bits per heavy atom. The van der Waals surface area contributed by atoms with E-state index in [2.05, 4.69) is 10.3 Å². The average Bonchev–Trinajstić information content (AvgIpc) is 2.94. The molecule has 1 N–H and O–H groups in total. The quantitative estimate of drug-likeness (QED) is 0.654. The van der Waals surface area contributed by atoms with Gasteiger partial charge in [0, 0.05) is 12.2 Å². The Kier molecular flexibility index (Phi) is 5.51. The lowest BCUT2D eigenvalue weighted by Crippen LogP contribution is -2.41. The molecule has 1 atom stereocenters. The summed E-state index contributed by atoms with van der Waals surface area (Å²) in [6, 6.07) is 6.67. The van der Waals surface area contributed by atoms with Crippen LogP contribution in [0.4, 0.5) is 0 Å². The van der Waals surface area contributed by atoms with Gasteiger partial charge in [0.15, 0.2) is 5.58 Å². The van der Waals surface area contributed by atoms with Crippen molar-refractivity contribution in [3.8, 4) is 0 Å². The summed E-state index contributed by atoms with van der Waals surface area (Å²) in [6.07, 6.45) is 3.27. The van der Waals surface area contributed by atoms with E-state index in [1.807, 2.05) is 32.0 Å². The summed E-state index contributed by atoms with van der Waals surface area (Å²) in [5, 5.41) is 2.63. The maximum Gasteiger partial charge on any atom is 0.328 e. The zero-order valence-corrected chi connectivity index (χ0v) is 13.4. The Morgan fingerprint density at radius 2 is 2.09 bits per heavy atom. The number of nitrogens with zero attached hydrogens (tertiary/aromatic N) is 1. The van der Waals surface area contributed by atoms with Gasteiger partial charge in [-0.15, -0.1) is 0 Å². The number of esters is 1. The fourth-order valence-corrected chi connectivity index (χ4v) is 2.16. The number of benzene rings is 1. The second-order valence-electron chi connectivity index (χ2n) is 5.57. The molecule has 23 heavy (non-hydrogen) atoms. The zero-order valence-electron chi connectivity index (χ0n) is 13.4. The number of ether oxygens (including phenoxy) is 1. The van der Waals surface area contributed by atoms with Gasteiger partial charge in [0.2, 0.25) is 11.8 Å². The molecule has 0 spiro atoms. The first-order valence-corrected chi connectivity index (χ1v) is 7.41. The number of aromatic nitrogens is 1. The Morgan fingerprint density at radius 1 is 1.35 bits per heavy atom. The molecule has 0 aliphatic carbocycles. The number of fused-ring (bicyclic) bond motifs is 1. The second-order valence-corrected chi connectivity index (χ2v) is 5.57. The van der Waals surface area contributed by atoms with Crippen molar-refractivity contribution in [3.63, 3.8) is 0 Å². The van der Waals surface area contributed by atoms with E-state index in [9.17, 15) is 9.59 Å². The van der Waals surface area contributed by atoms with E-state index in [0.717, 1.165) is 5.52 Å². The molecule has 0 saturated carbocycles. The third-order valence-corrected chi connectivity index (χ3v) is 3.20. The van der Waals surface area contributed by atoms with Gasteiger partial charge in [-0.25, -0.2) is 9.78 Å². The summed E-state index contributed by atoms with van der Waals surface area (Å²) >= 11 is 0. The van der Waals surface area contributed by atoms with Crippen LogP contribution in [0.5, 0.6) is 0 Å².